The van der Waals surface area contributed by atoms with E-state index < -0.39 is 74.1 Å². The van der Waals surface area contributed by atoms with Crippen LogP contribution in [0.3, 0.4) is 0 Å². The molecule has 6 atom stereocenters. The Kier molecular flexibility index (Phi) is 8.34. The van der Waals surface area contributed by atoms with Gasteiger partial charge in [-0.1, -0.05) is 31.0 Å². The average Bonchev–Trinajstić information content (AvgIpc) is 3.10. The maximum atomic E-state index is 16.2. The number of halogens is 1. The summed E-state index contributed by atoms with van der Waals surface area (Å²) in [5.41, 5.74) is 1.22. The van der Waals surface area contributed by atoms with Crippen LogP contribution in [-0.2, 0) is 23.4 Å². The highest BCUT2D eigenvalue weighted by Crippen LogP contribution is 2.51. The van der Waals surface area contributed by atoms with Crippen molar-refractivity contribution in [2.75, 3.05) is 18.5 Å². The number of esters is 1. The Labute approximate surface area is 221 Å². The number of nitrogens with two attached hydrogens (primary N) is 1. The van der Waals surface area contributed by atoms with E-state index >= 15 is 4.39 Å². The molecule has 3 rings (SSSR count). The van der Waals surface area contributed by atoms with Crippen LogP contribution in [0.5, 0.6) is 5.75 Å². The predicted octanol–water partition coefficient (Wildman–Crippen LogP) is 2.09. The Bertz CT molecular complexity index is 1390. The summed E-state index contributed by atoms with van der Waals surface area (Å²) in [4.78, 5) is 31.9. The Morgan fingerprint density at radius 3 is 2.68 bits per heavy atom. The fourth-order valence-electron chi connectivity index (χ4n) is 3.51. The van der Waals surface area contributed by atoms with Crippen LogP contribution in [0.15, 0.2) is 41.5 Å². The van der Waals surface area contributed by atoms with E-state index in [1.807, 2.05) is 0 Å². The molecule has 0 radical (unpaired) electrons. The van der Waals surface area contributed by atoms with Gasteiger partial charge in [-0.3, -0.25) is 13.9 Å². The maximum absolute atomic E-state index is 16.2. The molecule has 12 nitrogen and oxygen atoms in total. The van der Waals surface area contributed by atoms with Gasteiger partial charge in [-0.25, -0.2) is 18.7 Å². The molecule has 1 unspecified atom stereocenters. The zero-order valence-corrected chi connectivity index (χ0v) is 22.0. The molecule has 1 aliphatic rings. The normalized spacial score (nSPS) is 26.3. The number of aromatic nitrogens is 3. The first-order valence-corrected chi connectivity index (χ1v) is 13.3. The molecule has 2 heterocycles. The van der Waals surface area contributed by atoms with E-state index in [0.29, 0.717) is 4.57 Å². The number of aliphatic hydroxyl groups is 1. The molecular formula is C24H30FN4O8P. The first kappa shape index (κ1) is 26.3. The van der Waals surface area contributed by atoms with E-state index in [0.717, 1.165) is 6.33 Å². The highest BCUT2D eigenvalue weighted by Gasteiger charge is 2.58. The number of para-hydroxylation sites is 1. The molecule has 0 saturated carbocycles. The summed E-state index contributed by atoms with van der Waals surface area (Å²) in [6.45, 7) is 2.67. The minimum atomic E-state index is -4.60. The summed E-state index contributed by atoms with van der Waals surface area (Å²) < 4.78 is 69.2. The monoisotopic (exact) mass is 554 g/mol. The molecule has 3 N–H and O–H groups in total. The lowest BCUT2D eigenvalue weighted by Crippen LogP contribution is -2.44. The smallest absolute Gasteiger partial charge is 0.380 e. The van der Waals surface area contributed by atoms with Crippen molar-refractivity contribution in [1.82, 2.24) is 14.5 Å². The first-order valence-electron chi connectivity index (χ1n) is 12.5. The summed E-state index contributed by atoms with van der Waals surface area (Å²) >= 11 is 0. The van der Waals surface area contributed by atoms with Crippen LogP contribution < -0.4 is 15.9 Å². The number of benzene rings is 1. The van der Waals surface area contributed by atoms with E-state index in [2.05, 4.69) is 21.8 Å². The van der Waals surface area contributed by atoms with Crippen LogP contribution in [0.2, 0.25) is 0 Å². The van der Waals surface area contributed by atoms with Crippen LogP contribution in [0.25, 0.3) is 0 Å². The fourth-order valence-corrected chi connectivity index (χ4v) is 5.22. The minimum absolute atomic E-state index is 0.0269. The molecule has 14 heteroatoms. The second kappa shape index (κ2) is 12.0. The van der Waals surface area contributed by atoms with Gasteiger partial charge < -0.3 is 24.8 Å². The van der Waals surface area contributed by atoms with Crippen molar-refractivity contribution >= 4 is 19.5 Å². The lowest BCUT2D eigenvalue weighted by Gasteiger charge is -2.24. The third-order valence-electron chi connectivity index (χ3n) is 5.21. The molecule has 1 fully saturated rings. The van der Waals surface area contributed by atoms with Crippen molar-refractivity contribution in [1.29, 1.82) is 0 Å². The van der Waals surface area contributed by atoms with Gasteiger partial charge in [0.15, 0.2) is 6.23 Å². The predicted molar refractivity (Wildman–Crippen MR) is 134 cm³/mol. The van der Waals surface area contributed by atoms with Crippen molar-refractivity contribution in [2.24, 2.45) is 5.92 Å². The highest BCUT2D eigenvalue weighted by atomic mass is 31.2. The van der Waals surface area contributed by atoms with Gasteiger partial charge in [0.1, 0.15) is 24.3 Å². The Morgan fingerprint density at radius 2 is 2.08 bits per heavy atom. The second-order valence-corrected chi connectivity index (χ2v) is 10.6. The zero-order chi connectivity index (χ0) is 29.9. The van der Waals surface area contributed by atoms with Crippen molar-refractivity contribution < 1.29 is 40.1 Å². The standard InChI is InChI=1S/C24H30FN4O8P/c1-5-11-24(25)19(30)18(36-21(24)29-14-27-22(26)28-23(29)32)12-34-38(33,37-17-9-7-6-8-10-17)13-16(4)20(31)35-15(2)3/h6-10,14-16,18-19,21,30H,12-13H2,1-4H3,(H2,26,28,32)/t16-,18-,19+,21-,24?,38+/m1/s1/i12D2. The molecule has 0 aliphatic carbocycles. The Hall–Kier alpha value is -3.30. The van der Waals surface area contributed by atoms with Crippen molar-refractivity contribution in [3.05, 3.63) is 47.1 Å². The van der Waals surface area contributed by atoms with Gasteiger partial charge >= 0.3 is 19.3 Å². The number of anilines is 1. The summed E-state index contributed by atoms with van der Waals surface area (Å²) in [5.74, 6) is 2.19. The van der Waals surface area contributed by atoms with E-state index in [1.54, 1.807) is 32.0 Å². The number of carbonyl (C=O) groups excluding carboxylic acids is 1. The molecular weight excluding hydrogens is 522 g/mol. The molecule has 0 amide bonds. The molecule has 2 aromatic rings. The number of rotatable bonds is 10. The van der Waals surface area contributed by atoms with E-state index in [4.69, 9.17) is 27.0 Å². The number of hydrogen-bond acceptors (Lipinski definition) is 11. The van der Waals surface area contributed by atoms with Crippen LogP contribution in [0.1, 0.15) is 36.7 Å². The van der Waals surface area contributed by atoms with Gasteiger partial charge in [-0.15, -0.1) is 5.92 Å². The molecule has 0 spiro atoms. The molecule has 1 saturated heterocycles. The zero-order valence-electron chi connectivity index (χ0n) is 23.1. The van der Waals surface area contributed by atoms with Gasteiger partial charge in [0.25, 0.3) is 0 Å². The number of nitrogens with zero attached hydrogens (tertiary/aromatic N) is 3. The minimum Gasteiger partial charge on any atom is -0.463 e. The van der Waals surface area contributed by atoms with Gasteiger partial charge in [0.2, 0.25) is 11.6 Å². The van der Waals surface area contributed by atoms with Gasteiger partial charge in [-0.05, 0) is 32.9 Å². The van der Waals surface area contributed by atoms with Crippen LogP contribution in [0.4, 0.5) is 10.3 Å². The molecule has 1 aromatic carbocycles. The van der Waals surface area contributed by atoms with E-state index in [-0.39, 0.29) is 5.75 Å². The fraction of sp³-hybridized carbons (Fsp3) is 0.500. The van der Waals surface area contributed by atoms with E-state index in [1.165, 1.54) is 26.0 Å². The van der Waals surface area contributed by atoms with Crippen molar-refractivity contribution in [2.45, 2.75) is 57.9 Å². The SMILES string of the molecule is [2H]C([2H])(O[P@@](=O)(C[C@@H](C)C(=O)OC(C)C)Oc1ccccc1)[C@H]1O[C@@H](n2cnc(N)nc2=O)C(F)(C#CC)[C@H]1O. The summed E-state index contributed by atoms with van der Waals surface area (Å²) in [6, 6.07) is 7.63. The molecule has 1 aromatic heterocycles. The quantitative estimate of drug-likeness (QED) is 0.251. The summed E-state index contributed by atoms with van der Waals surface area (Å²) in [7, 11) is -4.60. The third-order valence-corrected chi connectivity index (χ3v) is 7.08. The molecule has 1 aliphatic heterocycles. The third kappa shape index (κ3) is 6.76. The molecule has 206 valence electrons. The van der Waals surface area contributed by atoms with Crippen molar-refractivity contribution in [3.63, 3.8) is 0 Å². The van der Waals surface area contributed by atoms with Gasteiger partial charge in [-0.2, -0.15) is 4.98 Å². The number of hydrogen-bond donors (Lipinski definition) is 2. The highest BCUT2D eigenvalue weighted by molar-refractivity contribution is 7.54. The van der Waals surface area contributed by atoms with Crippen molar-refractivity contribution in [3.8, 4) is 17.6 Å². The largest absolute Gasteiger partial charge is 0.463 e. The molecule has 0 bridgehead atoms. The average molecular weight is 555 g/mol. The second-order valence-electron chi connectivity index (χ2n) is 8.69. The lowest BCUT2D eigenvalue weighted by molar-refractivity contribution is -0.151. The maximum Gasteiger partial charge on any atom is 0.380 e. The molecule has 38 heavy (non-hydrogen) atoms. The van der Waals surface area contributed by atoms with Crippen LogP contribution >= 0.6 is 7.60 Å². The van der Waals surface area contributed by atoms with Crippen LogP contribution in [0, 0.1) is 17.8 Å². The summed E-state index contributed by atoms with van der Waals surface area (Å²) in [5, 5.41) is 10.9. The van der Waals surface area contributed by atoms with Gasteiger partial charge in [0, 0.05) is 0 Å². The topological polar surface area (TPSA) is 165 Å². The number of nitrogen functional groups attached to an aromatic ring is 1. The lowest BCUT2D eigenvalue weighted by atomic mass is 9.96. The first-order chi connectivity index (χ1) is 18.6. The van der Waals surface area contributed by atoms with E-state index in [9.17, 15) is 19.3 Å². The summed E-state index contributed by atoms with van der Waals surface area (Å²) in [6.07, 6.45) is -6.91. The Morgan fingerprint density at radius 1 is 1.39 bits per heavy atom. The van der Waals surface area contributed by atoms with Gasteiger partial charge in [0.05, 0.1) is 27.5 Å². The number of aliphatic hydroxyl groups excluding tert-OH is 1. The number of ether oxygens (including phenoxy) is 2. The Balaban J connectivity index is 1.99. The number of alkyl halides is 1. The number of carbonyl (C=O) groups is 1. The van der Waals surface area contributed by atoms with Crippen LogP contribution in [-0.4, -0.2) is 62.3 Å².